The number of carbonyl (C=O) groups excluding carboxylic acids is 6. The number of fused-ring (bicyclic) bond motifs is 1. The van der Waals surface area contributed by atoms with Gasteiger partial charge in [-0.05, 0) is 30.4 Å². The van der Waals surface area contributed by atoms with Crippen molar-refractivity contribution in [1.82, 2.24) is 24.7 Å². The number of nitrogens with zero attached hydrogens (tertiary/aromatic N) is 9. The second-order valence-electron chi connectivity index (χ2n) is 15.8. The molecule has 0 bridgehead atoms. The number of likely N-dealkylation sites (N-methyl/N-ethyl adjacent to an activating group) is 3. The van der Waals surface area contributed by atoms with Crippen LogP contribution in [-0.2, 0) is 55.9 Å². The lowest BCUT2D eigenvalue weighted by atomic mass is 9.90. The summed E-state index contributed by atoms with van der Waals surface area (Å²) in [7, 11) is 6.09. The highest BCUT2D eigenvalue weighted by Gasteiger charge is 2.52. The largest absolute Gasteiger partial charge is 0.467 e. The van der Waals surface area contributed by atoms with E-state index >= 15 is 0 Å². The van der Waals surface area contributed by atoms with Crippen LogP contribution in [0.2, 0.25) is 0 Å². The van der Waals surface area contributed by atoms with Crippen molar-refractivity contribution in [1.29, 1.82) is 0 Å². The van der Waals surface area contributed by atoms with Crippen LogP contribution in [0.15, 0.2) is 24.5 Å². The van der Waals surface area contributed by atoms with Crippen LogP contribution in [0.4, 0.5) is 26.9 Å². The maximum absolute atomic E-state index is 13.7. The molecule has 346 valence electrons. The first-order valence-corrected chi connectivity index (χ1v) is 20.5. The predicted octanol–water partition coefficient (Wildman–Crippen LogP) is 2.44. The van der Waals surface area contributed by atoms with Crippen LogP contribution in [0.25, 0.3) is 4.85 Å². The van der Waals surface area contributed by atoms with E-state index in [1.54, 1.807) is 16.8 Å². The molecular weight excluding hydrogens is 842 g/mol. The van der Waals surface area contributed by atoms with Gasteiger partial charge in [-0.3, -0.25) is 29.4 Å². The van der Waals surface area contributed by atoms with Gasteiger partial charge in [0.15, 0.2) is 18.0 Å². The first-order chi connectivity index (χ1) is 30.4. The van der Waals surface area contributed by atoms with Gasteiger partial charge in [-0.2, -0.15) is 0 Å². The van der Waals surface area contributed by atoms with Gasteiger partial charge in [0.2, 0.25) is 12.4 Å². The molecular formula is C41H53N9O14. The lowest BCUT2D eigenvalue weighted by Gasteiger charge is -2.42. The summed E-state index contributed by atoms with van der Waals surface area (Å²) >= 11 is 0. The van der Waals surface area contributed by atoms with E-state index in [4.69, 9.17) is 35.0 Å². The molecule has 1 aromatic heterocycles. The quantitative estimate of drug-likeness (QED) is 0.0869. The van der Waals surface area contributed by atoms with Gasteiger partial charge in [-0.1, -0.05) is 19.9 Å². The maximum Gasteiger partial charge on any atom is 0.409 e. The van der Waals surface area contributed by atoms with Gasteiger partial charge in [0.05, 0.1) is 18.1 Å². The summed E-state index contributed by atoms with van der Waals surface area (Å²) in [5.41, 5.74) is 0.417. The molecule has 23 heteroatoms. The molecule has 0 aliphatic carbocycles. The van der Waals surface area contributed by atoms with Crippen LogP contribution >= 0.6 is 0 Å². The Morgan fingerprint density at radius 3 is 2.34 bits per heavy atom. The van der Waals surface area contributed by atoms with Crippen molar-refractivity contribution < 1.29 is 62.1 Å². The highest BCUT2D eigenvalue weighted by molar-refractivity contribution is 5.94. The smallest absolute Gasteiger partial charge is 0.409 e. The Bertz CT molecular complexity index is 2150. The predicted molar refractivity (Wildman–Crippen MR) is 223 cm³/mol. The number of benzene rings is 1. The number of methoxy groups -OCH3 is 1. The topological polar surface area (TPSA) is 247 Å². The van der Waals surface area contributed by atoms with E-state index in [9.17, 15) is 38.9 Å². The number of nitro benzene ring substituents is 1. The number of hydrogen-bond donors (Lipinski definition) is 0. The standard InChI is InChI=1S/C41H53N9O14/c1-23-12-14-48(32(53)19-42-5)20-30(23)47(8)36-28-13-15-49(37(28)44-22-43-36)40(55)45(6)16-17-46(7)41(56)60-21-27-10-11-31(29(18-27)50(57)58)63-39-35(62-26(4)52)33(61-25(3)51)24(2)34(64-39)38(54)59-9/h10-11,18,22-24,30,33-35,39H,12-17,19-21H2,1-4,6-9H3/t23-,24+,30+,33+,34+,35-,39-/m1/s1. The molecule has 7 atom stereocenters. The highest BCUT2D eigenvalue weighted by atomic mass is 16.7. The summed E-state index contributed by atoms with van der Waals surface area (Å²) in [5, 5.41) is 12.2. The summed E-state index contributed by atoms with van der Waals surface area (Å²) in [4.78, 5) is 108. The summed E-state index contributed by atoms with van der Waals surface area (Å²) in [6.07, 6.45) is -3.83. The van der Waals surface area contributed by atoms with Crippen LogP contribution in [0.5, 0.6) is 5.75 Å². The Morgan fingerprint density at radius 1 is 1.00 bits per heavy atom. The number of likely N-dealkylation sites (tertiary alicyclic amines) is 1. The number of carbonyl (C=O) groups is 6. The molecule has 5 rings (SSSR count). The number of amides is 4. The van der Waals surface area contributed by atoms with Crippen LogP contribution < -0.4 is 14.5 Å². The molecule has 64 heavy (non-hydrogen) atoms. The van der Waals surface area contributed by atoms with E-state index in [1.807, 2.05) is 11.9 Å². The summed E-state index contributed by atoms with van der Waals surface area (Å²) in [6.45, 7) is 13.9. The Balaban J connectivity index is 1.19. The minimum Gasteiger partial charge on any atom is -0.467 e. The first-order valence-electron chi connectivity index (χ1n) is 20.5. The number of anilines is 2. The molecule has 2 saturated heterocycles. The van der Waals surface area contributed by atoms with Crippen LogP contribution in [0, 0.1) is 28.5 Å². The Morgan fingerprint density at radius 2 is 1.69 bits per heavy atom. The number of nitro groups is 1. The fourth-order valence-electron chi connectivity index (χ4n) is 7.88. The fraction of sp³-hybridized carbons (Fsp3) is 0.585. The molecule has 3 aliphatic rings. The molecule has 2 aromatic rings. The minimum atomic E-state index is -1.67. The second kappa shape index (κ2) is 21.0. The molecule has 4 heterocycles. The molecule has 2 fully saturated rings. The third-order valence-corrected chi connectivity index (χ3v) is 11.4. The summed E-state index contributed by atoms with van der Waals surface area (Å²) < 4.78 is 32.6. The molecule has 0 unspecified atom stereocenters. The van der Waals surface area contributed by atoms with Crippen molar-refractivity contribution >= 4 is 53.3 Å². The Hall–Kier alpha value is -6.83. The molecule has 0 radical (unpaired) electrons. The van der Waals surface area contributed by atoms with Crippen molar-refractivity contribution in [2.75, 3.05) is 77.3 Å². The van der Waals surface area contributed by atoms with Gasteiger partial charge in [0, 0.05) is 85.3 Å². The fourth-order valence-corrected chi connectivity index (χ4v) is 7.88. The van der Waals surface area contributed by atoms with Crippen LogP contribution in [-0.4, -0.2) is 164 Å². The molecule has 23 nitrogen and oxygen atoms in total. The summed E-state index contributed by atoms with van der Waals surface area (Å²) in [5.74, 6) is -2.49. The van der Waals surface area contributed by atoms with Gasteiger partial charge in [0.25, 0.3) is 6.54 Å². The van der Waals surface area contributed by atoms with Gasteiger partial charge in [0.1, 0.15) is 24.6 Å². The van der Waals surface area contributed by atoms with E-state index in [0.717, 1.165) is 39.0 Å². The molecule has 1 aromatic carbocycles. The number of piperidine rings is 1. The highest BCUT2D eigenvalue weighted by Crippen LogP contribution is 2.37. The van der Waals surface area contributed by atoms with Crippen molar-refractivity contribution in [3.63, 3.8) is 0 Å². The zero-order chi connectivity index (χ0) is 47.0. The summed E-state index contributed by atoms with van der Waals surface area (Å²) in [6, 6.07) is 3.29. The Labute approximate surface area is 369 Å². The third-order valence-electron chi connectivity index (χ3n) is 11.4. The van der Waals surface area contributed by atoms with Crippen molar-refractivity contribution in [2.45, 2.75) is 77.8 Å². The Kier molecular flexibility index (Phi) is 15.8. The first kappa shape index (κ1) is 48.2. The van der Waals surface area contributed by atoms with Gasteiger partial charge < -0.3 is 52.9 Å². The minimum absolute atomic E-state index is 0.0599. The third kappa shape index (κ3) is 11.0. The number of urea groups is 1. The number of aromatic nitrogens is 2. The molecule has 3 aliphatic heterocycles. The van der Waals surface area contributed by atoms with Gasteiger partial charge in [-0.15, -0.1) is 0 Å². The average Bonchev–Trinajstić information content (AvgIpc) is 3.70. The van der Waals surface area contributed by atoms with E-state index < -0.39 is 65.1 Å². The van der Waals surface area contributed by atoms with E-state index in [-0.39, 0.29) is 61.5 Å². The number of hydrogen-bond acceptors (Lipinski definition) is 17. The maximum atomic E-state index is 13.7. The lowest BCUT2D eigenvalue weighted by molar-refractivity contribution is -0.387. The van der Waals surface area contributed by atoms with E-state index in [2.05, 4.69) is 21.7 Å². The van der Waals surface area contributed by atoms with Crippen molar-refractivity contribution in [3.05, 3.63) is 57.2 Å². The van der Waals surface area contributed by atoms with E-state index in [1.165, 1.54) is 42.2 Å². The van der Waals surface area contributed by atoms with Crippen LogP contribution in [0.1, 0.15) is 45.2 Å². The number of esters is 3. The molecule has 0 spiro atoms. The lowest BCUT2D eigenvalue weighted by Crippen LogP contribution is -2.60. The molecule has 0 N–H and O–H groups in total. The average molecular weight is 896 g/mol. The van der Waals surface area contributed by atoms with Crippen molar-refractivity contribution in [3.8, 4) is 5.75 Å². The SMILES string of the molecule is [C-]#[N+]CC(=O)N1CC[C@@H](C)[C@@H](N(C)c2ncnc3c2CCN3C(=O)N(C)CCN(C)C(=O)OCc2ccc(O[C@@H]3O[C@H](C(=O)OC)[C@@H](C)[C@H](OC(C)=O)[C@H]3OC(C)=O)c([N+](=O)[O-])c2)C1. The van der Waals surface area contributed by atoms with Gasteiger partial charge in [-0.25, -0.2) is 30.9 Å². The van der Waals surface area contributed by atoms with E-state index in [0.29, 0.717) is 37.7 Å². The zero-order valence-electron chi connectivity index (χ0n) is 37.0. The van der Waals surface area contributed by atoms with Crippen LogP contribution in [0.3, 0.4) is 0 Å². The van der Waals surface area contributed by atoms with Crippen molar-refractivity contribution in [2.24, 2.45) is 11.8 Å². The molecule has 4 amide bonds. The second-order valence-corrected chi connectivity index (χ2v) is 15.8. The molecule has 0 saturated carbocycles. The number of ether oxygens (including phenoxy) is 6. The normalized spacial score (nSPS) is 22.5. The zero-order valence-corrected chi connectivity index (χ0v) is 37.0. The van der Waals surface area contributed by atoms with Gasteiger partial charge >= 0.3 is 41.6 Å². The monoisotopic (exact) mass is 895 g/mol. The number of rotatable bonds is 14.